The molecule has 8 heteroatoms. The first-order valence-corrected chi connectivity index (χ1v) is 10.4. The van der Waals surface area contributed by atoms with Gasteiger partial charge >= 0.3 is 0 Å². The van der Waals surface area contributed by atoms with Crippen molar-refractivity contribution in [3.63, 3.8) is 0 Å². The van der Waals surface area contributed by atoms with E-state index in [1.165, 1.54) is 0 Å². The van der Waals surface area contributed by atoms with Crippen molar-refractivity contribution in [3.8, 4) is 17.2 Å². The molecule has 0 aromatic heterocycles. The third kappa shape index (κ3) is 5.13. The van der Waals surface area contributed by atoms with E-state index in [4.69, 9.17) is 18.9 Å². The maximum Gasteiger partial charge on any atom is 0.253 e. The third-order valence-electron chi connectivity index (χ3n) is 5.73. The van der Waals surface area contributed by atoms with Crippen molar-refractivity contribution < 1.29 is 28.5 Å². The lowest BCUT2D eigenvalue weighted by Gasteiger charge is -2.21. The Bertz CT molecular complexity index is 931. The smallest absolute Gasteiger partial charge is 0.253 e. The number of carbonyl (C=O) groups excluding carboxylic acids is 2. The minimum Gasteiger partial charge on any atom is -0.497 e. The average Bonchev–Trinajstić information content (AvgIpc) is 3.28. The van der Waals surface area contributed by atoms with Crippen LogP contribution < -0.4 is 19.5 Å². The van der Waals surface area contributed by atoms with Crippen LogP contribution in [-0.4, -0.2) is 71.4 Å². The van der Waals surface area contributed by atoms with Crippen LogP contribution in [-0.2, 0) is 9.53 Å². The van der Waals surface area contributed by atoms with Crippen LogP contribution in [0.25, 0.3) is 0 Å². The van der Waals surface area contributed by atoms with E-state index in [1.807, 2.05) is 12.1 Å². The number of amides is 2. The summed E-state index contributed by atoms with van der Waals surface area (Å²) in [7, 11) is 6.34. The SMILES string of the molecule is COCCNC(=O)[C@H]1CN(C(=O)c2ccc(OC)cc2)C[C@H]1c1ccc(OC)cc1OC. The van der Waals surface area contributed by atoms with E-state index in [1.54, 1.807) is 63.7 Å². The summed E-state index contributed by atoms with van der Waals surface area (Å²) in [5, 5.41) is 2.92. The summed E-state index contributed by atoms with van der Waals surface area (Å²) >= 11 is 0. The topological polar surface area (TPSA) is 86.3 Å². The number of likely N-dealkylation sites (tertiary alicyclic amines) is 1. The highest BCUT2D eigenvalue weighted by molar-refractivity contribution is 5.95. The number of rotatable bonds is 9. The van der Waals surface area contributed by atoms with Crippen LogP contribution in [0.1, 0.15) is 21.8 Å². The van der Waals surface area contributed by atoms with Crippen LogP contribution in [0.2, 0.25) is 0 Å². The molecule has 172 valence electrons. The van der Waals surface area contributed by atoms with Gasteiger partial charge in [-0.2, -0.15) is 0 Å². The third-order valence-corrected chi connectivity index (χ3v) is 5.73. The lowest BCUT2D eigenvalue weighted by atomic mass is 9.87. The second-order valence-corrected chi connectivity index (χ2v) is 7.54. The second kappa shape index (κ2) is 10.9. The second-order valence-electron chi connectivity index (χ2n) is 7.54. The van der Waals surface area contributed by atoms with E-state index >= 15 is 0 Å². The van der Waals surface area contributed by atoms with E-state index < -0.39 is 5.92 Å². The molecule has 1 aliphatic heterocycles. The molecule has 32 heavy (non-hydrogen) atoms. The fourth-order valence-electron chi connectivity index (χ4n) is 4.00. The van der Waals surface area contributed by atoms with Crippen molar-refractivity contribution in [3.05, 3.63) is 53.6 Å². The minimum absolute atomic E-state index is 0.116. The molecule has 0 spiro atoms. The molecular weight excluding hydrogens is 412 g/mol. The molecule has 1 fully saturated rings. The summed E-state index contributed by atoms with van der Waals surface area (Å²) in [6.07, 6.45) is 0. The van der Waals surface area contributed by atoms with E-state index in [0.717, 1.165) is 5.56 Å². The van der Waals surface area contributed by atoms with Crippen LogP contribution >= 0.6 is 0 Å². The predicted octanol–water partition coefficient (Wildman–Crippen LogP) is 2.33. The first-order valence-electron chi connectivity index (χ1n) is 10.4. The molecule has 8 nitrogen and oxygen atoms in total. The van der Waals surface area contributed by atoms with Crippen LogP contribution in [0.4, 0.5) is 0 Å². The fraction of sp³-hybridized carbons (Fsp3) is 0.417. The summed E-state index contributed by atoms with van der Waals surface area (Å²) in [6, 6.07) is 12.5. The van der Waals surface area contributed by atoms with Crippen molar-refractivity contribution in [2.75, 3.05) is 54.7 Å². The summed E-state index contributed by atoms with van der Waals surface area (Å²) in [5.41, 5.74) is 1.41. The molecule has 2 amide bonds. The number of hydrogen-bond acceptors (Lipinski definition) is 6. The summed E-state index contributed by atoms with van der Waals surface area (Å²) < 4.78 is 21.1. The van der Waals surface area contributed by atoms with Gasteiger partial charge in [0, 0.05) is 49.9 Å². The molecule has 0 bridgehead atoms. The van der Waals surface area contributed by atoms with E-state index in [9.17, 15) is 9.59 Å². The lowest BCUT2D eigenvalue weighted by Crippen LogP contribution is -2.37. The standard InChI is InChI=1S/C24H30N2O6/c1-29-12-11-25-23(27)21-15-26(24(28)16-5-7-17(30-2)8-6-16)14-20(21)19-10-9-18(31-3)13-22(19)32-4/h5-10,13,20-21H,11-12,14-15H2,1-4H3,(H,25,27)/t20-,21-/m0/s1. The maximum atomic E-state index is 13.2. The Labute approximate surface area is 188 Å². The van der Waals surface area contributed by atoms with Crippen molar-refractivity contribution in [1.82, 2.24) is 10.2 Å². The van der Waals surface area contributed by atoms with Gasteiger partial charge < -0.3 is 29.2 Å². The number of ether oxygens (including phenoxy) is 4. The van der Waals surface area contributed by atoms with Crippen LogP contribution in [0.15, 0.2) is 42.5 Å². The molecule has 3 rings (SSSR count). The molecule has 1 N–H and O–H groups in total. The Morgan fingerprint density at radius 1 is 0.938 bits per heavy atom. The normalized spacial score (nSPS) is 17.7. The molecule has 1 aliphatic rings. The zero-order valence-electron chi connectivity index (χ0n) is 18.9. The molecule has 2 aromatic rings. The zero-order chi connectivity index (χ0) is 23.1. The van der Waals surface area contributed by atoms with Gasteiger partial charge in [0.25, 0.3) is 5.91 Å². The molecule has 2 aromatic carbocycles. The average molecular weight is 443 g/mol. The van der Waals surface area contributed by atoms with Gasteiger partial charge in [0.05, 0.1) is 33.9 Å². The first kappa shape index (κ1) is 23.4. The molecule has 0 aliphatic carbocycles. The Hall–Kier alpha value is -3.26. The van der Waals surface area contributed by atoms with E-state index in [-0.39, 0.29) is 17.7 Å². The van der Waals surface area contributed by atoms with Crippen LogP contribution in [0.3, 0.4) is 0 Å². The summed E-state index contributed by atoms with van der Waals surface area (Å²) in [5.74, 6) is 1.09. The van der Waals surface area contributed by atoms with Gasteiger partial charge in [0.1, 0.15) is 17.2 Å². The van der Waals surface area contributed by atoms with Gasteiger partial charge in [-0.25, -0.2) is 0 Å². The monoisotopic (exact) mass is 442 g/mol. The van der Waals surface area contributed by atoms with Gasteiger partial charge in [-0.05, 0) is 30.3 Å². The van der Waals surface area contributed by atoms with Gasteiger partial charge in [-0.1, -0.05) is 6.07 Å². The van der Waals surface area contributed by atoms with Crippen LogP contribution in [0.5, 0.6) is 17.2 Å². The van der Waals surface area contributed by atoms with Crippen molar-refractivity contribution in [2.45, 2.75) is 5.92 Å². The molecular formula is C24H30N2O6. The largest absolute Gasteiger partial charge is 0.497 e. The Morgan fingerprint density at radius 3 is 2.25 bits per heavy atom. The number of nitrogens with one attached hydrogen (secondary N) is 1. The maximum absolute atomic E-state index is 13.2. The first-order chi connectivity index (χ1) is 15.5. The molecule has 0 radical (unpaired) electrons. The van der Waals surface area contributed by atoms with Crippen molar-refractivity contribution in [1.29, 1.82) is 0 Å². The number of carbonyl (C=O) groups is 2. The molecule has 0 saturated carbocycles. The molecule has 1 saturated heterocycles. The highest BCUT2D eigenvalue weighted by Gasteiger charge is 2.41. The fourth-order valence-corrected chi connectivity index (χ4v) is 4.00. The molecule has 1 heterocycles. The molecule has 2 atom stereocenters. The lowest BCUT2D eigenvalue weighted by molar-refractivity contribution is -0.125. The number of benzene rings is 2. The van der Waals surface area contributed by atoms with E-state index in [2.05, 4.69) is 5.32 Å². The highest BCUT2D eigenvalue weighted by atomic mass is 16.5. The van der Waals surface area contributed by atoms with Gasteiger partial charge in [0.15, 0.2) is 0 Å². The van der Waals surface area contributed by atoms with E-state index in [0.29, 0.717) is 49.1 Å². The minimum atomic E-state index is -0.420. The van der Waals surface area contributed by atoms with Gasteiger partial charge in [0.2, 0.25) is 5.91 Å². The predicted molar refractivity (Wildman–Crippen MR) is 120 cm³/mol. The van der Waals surface area contributed by atoms with Crippen molar-refractivity contribution in [2.24, 2.45) is 5.92 Å². The van der Waals surface area contributed by atoms with Gasteiger partial charge in [-0.3, -0.25) is 9.59 Å². The Kier molecular flexibility index (Phi) is 7.94. The highest BCUT2D eigenvalue weighted by Crippen LogP contribution is 2.39. The zero-order valence-corrected chi connectivity index (χ0v) is 18.9. The quantitative estimate of drug-likeness (QED) is 0.600. The Balaban J connectivity index is 1.88. The Morgan fingerprint density at radius 2 is 1.62 bits per heavy atom. The van der Waals surface area contributed by atoms with Crippen molar-refractivity contribution >= 4 is 11.8 Å². The summed E-state index contributed by atoms with van der Waals surface area (Å²) in [4.78, 5) is 27.9. The molecule has 0 unspecified atom stereocenters. The summed E-state index contributed by atoms with van der Waals surface area (Å²) in [6.45, 7) is 1.54. The number of hydrogen-bond donors (Lipinski definition) is 1. The number of methoxy groups -OCH3 is 4. The number of nitrogens with zero attached hydrogens (tertiary/aromatic N) is 1. The van der Waals surface area contributed by atoms with Crippen LogP contribution in [0, 0.1) is 5.92 Å². The van der Waals surface area contributed by atoms with Gasteiger partial charge in [-0.15, -0.1) is 0 Å².